The highest BCUT2D eigenvalue weighted by Gasteiger charge is 2.36. The topological polar surface area (TPSA) is 61.2 Å². The van der Waals surface area contributed by atoms with E-state index in [1.165, 1.54) is 0 Å². The van der Waals surface area contributed by atoms with Crippen LogP contribution in [0.2, 0.25) is 0 Å². The fourth-order valence-electron chi connectivity index (χ4n) is 2.29. The Morgan fingerprint density at radius 2 is 1.58 bits per heavy atom. The van der Waals surface area contributed by atoms with Crippen molar-refractivity contribution >= 4 is 11.6 Å². The van der Waals surface area contributed by atoms with Crippen LogP contribution in [0, 0.1) is 11.3 Å². The Morgan fingerprint density at radius 3 is 1.95 bits per heavy atom. The Balaban J connectivity index is 2.63. The SMILES string of the molecule is CCN(CC)C(C#N)=C1C(=O)c2ccccc2C1=O. The lowest BCUT2D eigenvalue weighted by Crippen LogP contribution is -2.25. The first-order valence-corrected chi connectivity index (χ1v) is 6.23. The van der Waals surface area contributed by atoms with Crippen molar-refractivity contribution in [1.29, 1.82) is 5.26 Å². The molecule has 0 heterocycles. The Morgan fingerprint density at radius 1 is 1.11 bits per heavy atom. The van der Waals surface area contributed by atoms with Gasteiger partial charge < -0.3 is 4.90 Å². The molecule has 0 amide bonds. The summed E-state index contributed by atoms with van der Waals surface area (Å²) >= 11 is 0. The molecule has 1 aromatic rings. The number of benzene rings is 1. The molecule has 4 nitrogen and oxygen atoms in total. The molecule has 4 heteroatoms. The molecule has 0 aliphatic heterocycles. The number of hydrogen-bond donors (Lipinski definition) is 0. The zero-order valence-corrected chi connectivity index (χ0v) is 10.9. The van der Waals surface area contributed by atoms with E-state index in [0.717, 1.165) is 0 Å². The van der Waals surface area contributed by atoms with Crippen molar-refractivity contribution in [2.75, 3.05) is 13.1 Å². The van der Waals surface area contributed by atoms with E-state index < -0.39 is 0 Å². The maximum absolute atomic E-state index is 12.3. The second kappa shape index (κ2) is 5.07. The Labute approximate surface area is 111 Å². The summed E-state index contributed by atoms with van der Waals surface area (Å²) in [5.74, 6) is -0.687. The van der Waals surface area contributed by atoms with Gasteiger partial charge in [0.1, 0.15) is 17.3 Å². The van der Waals surface area contributed by atoms with Gasteiger partial charge in [-0.2, -0.15) is 5.26 Å². The molecule has 0 bridgehead atoms. The van der Waals surface area contributed by atoms with Crippen molar-refractivity contribution in [3.05, 3.63) is 46.7 Å². The van der Waals surface area contributed by atoms with Gasteiger partial charge in [-0.25, -0.2) is 0 Å². The fourth-order valence-corrected chi connectivity index (χ4v) is 2.29. The van der Waals surface area contributed by atoms with E-state index in [1.807, 2.05) is 19.9 Å². The highest BCUT2D eigenvalue weighted by molar-refractivity contribution is 6.40. The number of carbonyl (C=O) groups is 2. The molecule has 0 unspecified atom stereocenters. The zero-order chi connectivity index (χ0) is 14.0. The minimum atomic E-state index is -0.343. The molecule has 0 saturated carbocycles. The Bertz CT molecular complexity index is 582. The highest BCUT2D eigenvalue weighted by atomic mass is 16.2. The molecule has 0 aromatic heterocycles. The molecule has 0 N–H and O–H groups in total. The second-order valence-corrected chi connectivity index (χ2v) is 4.21. The van der Waals surface area contributed by atoms with E-state index in [0.29, 0.717) is 24.2 Å². The monoisotopic (exact) mass is 254 g/mol. The number of Topliss-reactive ketones (excluding diaryl/α,β-unsaturated/α-hetero) is 2. The summed E-state index contributed by atoms with van der Waals surface area (Å²) in [7, 11) is 0. The van der Waals surface area contributed by atoms with Crippen LogP contribution in [0.4, 0.5) is 0 Å². The molecule has 0 atom stereocenters. The van der Waals surface area contributed by atoms with Crippen LogP contribution in [-0.4, -0.2) is 29.6 Å². The predicted octanol–water partition coefficient (Wildman–Crippen LogP) is 2.19. The Kier molecular flexibility index (Phi) is 3.48. The lowest BCUT2D eigenvalue weighted by molar-refractivity contribution is 0.0983. The van der Waals surface area contributed by atoms with Gasteiger partial charge in [0.25, 0.3) is 0 Å². The molecular weight excluding hydrogens is 240 g/mol. The maximum atomic E-state index is 12.3. The van der Waals surface area contributed by atoms with Gasteiger partial charge >= 0.3 is 0 Å². The molecule has 0 fully saturated rings. The van der Waals surface area contributed by atoms with Gasteiger partial charge in [-0.15, -0.1) is 0 Å². The van der Waals surface area contributed by atoms with Gasteiger partial charge in [0.2, 0.25) is 11.6 Å². The maximum Gasteiger partial charge on any atom is 0.200 e. The highest BCUT2D eigenvalue weighted by Crippen LogP contribution is 2.29. The standard InChI is InChI=1S/C15H14N2O2/c1-3-17(4-2)12(9-16)13-14(18)10-7-5-6-8-11(10)15(13)19/h5-8H,3-4H2,1-2H3. The van der Waals surface area contributed by atoms with E-state index in [2.05, 4.69) is 0 Å². The summed E-state index contributed by atoms with van der Waals surface area (Å²) in [5, 5.41) is 9.28. The van der Waals surface area contributed by atoms with Gasteiger partial charge in [-0.05, 0) is 13.8 Å². The molecule has 1 aromatic carbocycles. The first kappa shape index (κ1) is 13.0. The molecule has 2 rings (SSSR count). The van der Waals surface area contributed by atoms with Crippen molar-refractivity contribution in [3.8, 4) is 6.07 Å². The first-order valence-electron chi connectivity index (χ1n) is 6.23. The summed E-state index contributed by atoms with van der Waals surface area (Å²) in [6.07, 6.45) is 0. The van der Waals surface area contributed by atoms with Crippen LogP contribution in [-0.2, 0) is 0 Å². The zero-order valence-electron chi connectivity index (χ0n) is 10.9. The molecule has 19 heavy (non-hydrogen) atoms. The van der Waals surface area contributed by atoms with E-state index >= 15 is 0 Å². The summed E-state index contributed by atoms with van der Waals surface area (Å²) in [5.41, 5.74) is 0.966. The number of allylic oxidation sites excluding steroid dienone is 2. The van der Waals surface area contributed by atoms with Crippen molar-refractivity contribution < 1.29 is 9.59 Å². The molecule has 0 radical (unpaired) electrons. The van der Waals surface area contributed by atoms with E-state index in [-0.39, 0.29) is 22.8 Å². The number of ketones is 2. The molecule has 0 saturated heterocycles. The van der Waals surface area contributed by atoms with Crippen molar-refractivity contribution in [2.24, 2.45) is 0 Å². The van der Waals surface area contributed by atoms with Crippen molar-refractivity contribution in [1.82, 2.24) is 4.90 Å². The summed E-state index contributed by atoms with van der Waals surface area (Å²) in [6, 6.07) is 8.69. The number of nitrogens with zero attached hydrogens (tertiary/aromatic N) is 2. The average Bonchev–Trinajstić information content (AvgIpc) is 2.69. The third-order valence-corrected chi connectivity index (χ3v) is 3.29. The number of hydrogen-bond acceptors (Lipinski definition) is 4. The smallest absolute Gasteiger partial charge is 0.200 e. The molecule has 1 aliphatic rings. The van der Waals surface area contributed by atoms with Crippen LogP contribution in [0.15, 0.2) is 35.5 Å². The van der Waals surface area contributed by atoms with Gasteiger partial charge in [-0.1, -0.05) is 24.3 Å². The Hall–Kier alpha value is -2.41. The molecule has 96 valence electrons. The van der Waals surface area contributed by atoms with Crippen molar-refractivity contribution in [2.45, 2.75) is 13.8 Å². The summed E-state index contributed by atoms with van der Waals surface area (Å²) in [6.45, 7) is 4.94. The van der Waals surface area contributed by atoms with Crippen LogP contribution in [0.3, 0.4) is 0 Å². The fraction of sp³-hybridized carbons (Fsp3) is 0.267. The average molecular weight is 254 g/mol. The first-order chi connectivity index (χ1) is 9.15. The van der Waals surface area contributed by atoms with Crippen LogP contribution in [0.1, 0.15) is 34.6 Å². The van der Waals surface area contributed by atoms with E-state index in [9.17, 15) is 14.9 Å². The predicted molar refractivity (Wildman–Crippen MR) is 70.7 cm³/mol. The largest absolute Gasteiger partial charge is 0.363 e. The lowest BCUT2D eigenvalue weighted by Gasteiger charge is -2.20. The van der Waals surface area contributed by atoms with Gasteiger partial charge in [0, 0.05) is 24.2 Å². The second-order valence-electron chi connectivity index (χ2n) is 4.21. The van der Waals surface area contributed by atoms with E-state index in [4.69, 9.17) is 0 Å². The minimum absolute atomic E-state index is 0.00685. The summed E-state index contributed by atoms with van der Waals surface area (Å²) < 4.78 is 0. The molecule has 0 spiro atoms. The van der Waals surface area contributed by atoms with Gasteiger partial charge in [0.15, 0.2) is 0 Å². The van der Waals surface area contributed by atoms with Crippen LogP contribution >= 0.6 is 0 Å². The van der Waals surface area contributed by atoms with E-state index in [1.54, 1.807) is 29.2 Å². The molecule has 1 aliphatic carbocycles. The minimum Gasteiger partial charge on any atom is -0.363 e. The van der Waals surface area contributed by atoms with Gasteiger partial charge in [-0.3, -0.25) is 9.59 Å². The van der Waals surface area contributed by atoms with Crippen LogP contribution < -0.4 is 0 Å². The number of nitriles is 1. The number of rotatable bonds is 3. The normalized spacial score (nSPS) is 13.2. The lowest BCUT2D eigenvalue weighted by atomic mass is 10.1. The number of carbonyl (C=O) groups excluding carboxylic acids is 2. The van der Waals surface area contributed by atoms with Crippen molar-refractivity contribution in [3.63, 3.8) is 0 Å². The quantitative estimate of drug-likeness (QED) is 0.471. The third-order valence-electron chi connectivity index (χ3n) is 3.29. The van der Waals surface area contributed by atoms with Crippen LogP contribution in [0.25, 0.3) is 0 Å². The van der Waals surface area contributed by atoms with Gasteiger partial charge in [0.05, 0.1) is 0 Å². The van der Waals surface area contributed by atoms with Crippen LogP contribution in [0.5, 0.6) is 0 Å². The number of fused-ring (bicyclic) bond motifs is 1. The summed E-state index contributed by atoms with van der Waals surface area (Å²) in [4.78, 5) is 26.3. The third kappa shape index (κ3) is 1.93. The molecular formula is C15H14N2O2.